The van der Waals surface area contributed by atoms with Gasteiger partial charge in [0.1, 0.15) is 11.3 Å². The van der Waals surface area contributed by atoms with E-state index in [1.54, 1.807) is 0 Å². The Kier molecular flexibility index (Phi) is 3.58. The molecule has 3 unspecified atom stereocenters. The first-order valence-electron chi connectivity index (χ1n) is 6.56. The van der Waals surface area contributed by atoms with Crippen molar-refractivity contribution in [2.45, 2.75) is 44.9 Å². The number of carbonyl (C=O) groups excluding carboxylic acids is 3. The van der Waals surface area contributed by atoms with Gasteiger partial charge in [0, 0.05) is 6.92 Å². The molecule has 0 aromatic carbocycles. The quantitative estimate of drug-likeness (QED) is 0.547. The summed E-state index contributed by atoms with van der Waals surface area (Å²) >= 11 is 0. The number of ether oxygens (including phenoxy) is 5. The first-order chi connectivity index (χ1) is 10.1. The van der Waals surface area contributed by atoms with Crippen molar-refractivity contribution in [2.75, 3.05) is 14.2 Å². The maximum atomic E-state index is 12.3. The lowest BCUT2D eigenvalue weighted by molar-refractivity contribution is -0.249. The molecule has 0 saturated carbocycles. The molecule has 0 aromatic heterocycles. The van der Waals surface area contributed by atoms with Gasteiger partial charge in [-0.3, -0.25) is 4.79 Å². The lowest BCUT2D eigenvalue weighted by Gasteiger charge is -2.37. The first kappa shape index (κ1) is 16.4. The number of fused-ring (bicyclic) bond motifs is 2. The van der Waals surface area contributed by atoms with Crippen molar-refractivity contribution >= 4 is 17.7 Å². The number of Topliss-reactive ketones (excluding diaryl/α,β-unsaturated/α-hetero) is 1. The fraction of sp³-hybridized carbons (Fsp3) is 0.643. The van der Waals surface area contributed by atoms with Crippen LogP contribution in [0.25, 0.3) is 0 Å². The highest BCUT2D eigenvalue weighted by Crippen LogP contribution is 2.54. The summed E-state index contributed by atoms with van der Waals surface area (Å²) in [5.74, 6) is -5.66. The minimum atomic E-state index is -2.15. The zero-order chi connectivity index (χ0) is 16.9. The molecule has 0 aromatic rings. The summed E-state index contributed by atoms with van der Waals surface area (Å²) in [5, 5.41) is 0. The second kappa shape index (κ2) is 4.79. The molecule has 2 aliphatic heterocycles. The number of methoxy groups -OCH3 is 2. The van der Waals surface area contributed by atoms with Crippen LogP contribution < -0.4 is 0 Å². The smallest absolute Gasteiger partial charge is 0.353 e. The Morgan fingerprint density at radius 2 is 1.64 bits per heavy atom. The number of esters is 2. The van der Waals surface area contributed by atoms with E-state index < -0.39 is 34.9 Å². The first-order valence-corrected chi connectivity index (χ1v) is 6.56. The van der Waals surface area contributed by atoms with Crippen LogP contribution >= 0.6 is 0 Å². The van der Waals surface area contributed by atoms with Crippen molar-refractivity contribution in [1.82, 2.24) is 0 Å². The largest absolute Gasteiger partial charge is 0.466 e. The van der Waals surface area contributed by atoms with Crippen molar-refractivity contribution in [1.29, 1.82) is 0 Å². The van der Waals surface area contributed by atoms with Gasteiger partial charge < -0.3 is 23.7 Å². The molecule has 3 atom stereocenters. The summed E-state index contributed by atoms with van der Waals surface area (Å²) in [4.78, 5) is 36.4. The topological polar surface area (TPSA) is 97.4 Å². The second-order valence-corrected chi connectivity index (χ2v) is 5.35. The molecular weight excluding hydrogens is 296 g/mol. The monoisotopic (exact) mass is 314 g/mol. The molecule has 2 aliphatic rings. The number of ketones is 1. The lowest BCUT2D eigenvalue weighted by atomic mass is 9.90. The molecule has 8 heteroatoms. The Balaban J connectivity index is 2.66. The van der Waals surface area contributed by atoms with Crippen molar-refractivity contribution in [3.8, 4) is 0 Å². The van der Waals surface area contributed by atoms with Gasteiger partial charge in [0.15, 0.2) is 5.78 Å². The van der Waals surface area contributed by atoms with Crippen LogP contribution in [0.2, 0.25) is 0 Å². The van der Waals surface area contributed by atoms with Gasteiger partial charge in [-0.2, -0.15) is 0 Å². The predicted molar refractivity (Wildman–Crippen MR) is 70.2 cm³/mol. The standard InChI is InChI=1S/C14H18O8/c1-7-9(10(16)18-5)12(3)21-13(4,20-7)14(22-12,8(2)15)11(17)19-6/h1-6H3. The van der Waals surface area contributed by atoms with Crippen LogP contribution in [-0.4, -0.2) is 49.1 Å². The molecule has 2 bridgehead atoms. The van der Waals surface area contributed by atoms with Crippen molar-refractivity contribution < 1.29 is 38.1 Å². The third-order valence-electron chi connectivity index (χ3n) is 3.89. The zero-order valence-electron chi connectivity index (χ0n) is 13.3. The Morgan fingerprint density at radius 1 is 1.05 bits per heavy atom. The van der Waals surface area contributed by atoms with E-state index in [2.05, 4.69) is 4.74 Å². The van der Waals surface area contributed by atoms with Crippen LogP contribution in [0.15, 0.2) is 11.3 Å². The van der Waals surface area contributed by atoms with E-state index in [-0.39, 0.29) is 11.3 Å². The normalized spacial score (nSPS) is 36.6. The fourth-order valence-electron chi connectivity index (χ4n) is 3.04. The predicted octanol–water partition coefficient (Wildman–Crippen LogP) is 0.444. The summed E-state index contributed by atoms with van der Waals surface area (Å²) < 4.78 is 26.3. The van der Waals surface area contributed by atoms with Crippen LogP contribution in [0.3, 0.4) is 0 Å². The molecule has 8 nitrogen and oxygen atoms in total. The van der Waals surface area contributed by atoms with E-state index in [9.17, 15) is 14.4 Å². The molecule has 1 saturated heterocycles. The average molecular weight is 314 g/mol. The van der Waals surface area contributed by atoms with Crippen LogP contribution in [0.1, 0.15) is 27.7 Å². The van der Waals surface area contributed by atoms with E-state index in [1.165, 1.54) is 27.9 Å². The van der Waals surface area contributed by atoms with Gasteiger partial charge in [0.05, 0.1) is 14.2 Å². The van der Waals surface area contributed by atoms with E-state index in [4.69, 9.17) is 18.9 Å². The van der Waals surface area contributed by atoms with Crippen molar-refractivity contribution in [2.24, 2.45) is 0 Å². The molecular formula is C14H18O8. The van der Waals surface area contributed by atoms with Gasteiger partial charge >= 0.3 is 11.9 Å². The summed E-state index contributed by atoms with van der Waals surface area (Å²) in [6, 6.07) is 0. The third-order valence-corrected chi connectivity index (χ3v) is 3.89. The number of carbonyl (C=O) groups is 3. The van der Waals surface area contributed by atoms with Crippen LogP contribution in [0.5, 0.6) is 0 Å². The van der Waals surface area contributed by atoms with Gasteiger partial charge in [-0.15, -0.1) is 0 Å². The highest BCUT2D eigenvalue weighted by molar-refractivity contribution is 6.08. The average Bonchev–Trinajstić information content (AvgIpc) is 2.61. The Morgan fingerprint density at radius 3 is 2.09 bits per heavy atom. The minimum absolute atomic E-state index is 0.0560. The number of rotatable bonds is 3. The molecule has 2 heterocycles. The summed E-state index contributed by atoms with van der Waals surface area (Å²) in [5.41, 5.74) is -2.20. The third kappa shape index (κ3) is 1.80. The lowest BCUT2D eigenvalue weighted by Crippen LogP contribution is -2.61. The molecule has 22 heavy (non-hydrogen) atoms. The van der Waals surface area contributed by atoms with E-state index in [1.807, 2.05) is 0 Å². The highest BCUT2D eigenvalue weighted by atomic mass is 16.9. The van der Waals surface area contributed by atoms with Gasteiger partial charge in [0.25, 0.3) is 11.4 Å². The zero-order valence-corrected chi connectivity index (χ0v) is 13.3. The summed E-state index contributed by atoms with van der Waals surface area (Å²) in [6.07, 6.45) is 0. The molecule has 0 radical (unpaired) electrons. The van der Waals surface area contributed by atoms with Gasteiger partial charge in [-0.1, -0.05) is 0 Å². The Bertz CT molecular complexity index is 594. The van der Waals surface area contributed by atoms with Gasteiger partial charge in [-0.25, -0.2) is 9.59 Å². The Labute approximate surface area is 127 Å². The maximum Gasteiger partial charge on any atom is 0.353 e. The molecule has 0 N–H and O–H groups in total. The van der Waals surface area contributed by atoms with Crippen molar-refractivity contribution in [3.63, 3.8) is 0 Å². The number of allylic oxidation sites excluding steroid dienone is 1. The molecule has 1 fully saturated rings. The van der Waals surface area contributed by atoms with Gasteiger partial charge in [-0.05, 0) is 20.8 Å². The van der Waals surface area contributed by atoms with E-state index >= 15 is 0 Å². The van der Waals surface area contributed by atoms with Crippen LogP contribution in [0, 0.1) is 0 Å². The van der Waals surface area contributed by atoms with Crippen LogP contribution in [0.4, 0.5) is 0 Å². The molecule has 0 aliphatic carbocycles. The number of hydrogen-bond donors (Lipinski definition) is 0. The Hall–Kier alpha value is -1.93. The second-order valence-electron chi connectivity index (χ2n) is 5.35. The minimum Gasteiger partial charge on any atom is -0.466 e. The SMILES string of the molecule is COC(=O)C1=C(C)OC2(C)OC1(C)OC2(C(C)=O)C(=O)OC. The molecule has 122 valence electrons. The molecule has 0 spiro atoms. The van der Waals surface area contributed by atoms with E-state index in [0.29, 0.717) is 0 Å². The van der Waals surface area contributed by atoms with Crippen molar-refractivity contribution in [3.05, 3.63) is 11.3 Å². The summed E-state index contributed by atoms with van der Waals surface area (Å²) in [7, 11) is 2.30. The van der Waals surface area contributed by atoms with E-state index in [0.717, 1.165) is 14.0 Å². The molecule has 0 amide bonds. The summed E-state index contributed by atoms with van der Waals surface area (Å²) in [6.45, 7) is 5.46. The fourth-order valence-corrected chi connectivity index (χ4v) is 3.04. The number of hydrogen-bond acceptors (Lipinski definition) is 8. The maximum absolute atomic E-state index is 12.3. The highest BCUT2D eigenvalue weighted by Gasteiger charge is 2.76. The van der Waals surface area contributed by atoms with Gasteiger partial charge in [0.2, 0.25) is 5.79 Å². The van der Waals surface area contributed by atoms with Crippen LogP contribution in [-0.2, 0) is 38.1 Å². The molecule has 2 rings (SSSR count).